The molecule has 1 N–H and O–H groups in total. The van der Waals surface area contributed by atoms with Crippen LogP contribution in [0.1, 0.15) is 23.2 Å². The number of hydrogen-bond acceptors (Lipinski definition) is 4. The molecular weight excluding hydrogens is 335 g/mol. The van der Waals surface area contributed by atoms with Crippen LogP contribution >= 0.6 is 0 Å². The largest absolute Gasteiger partial charge is 0.393 e. The van der Waals surface area contributed by atoms with Gasteiger partial charge >= 0.3 is 6.18 Å². The Labute approximate surface area is 132 Å². The van der Waals surface area contributed by atoms with Gasteiger partial charge in [0.05, 0.1) is 18.8 Å². The van der Waals surface area contributed by atoms with Gasteiger partial charge in [0.2, 0.25) is 0 Å². The van der Waals surface area contributed by atoms with Crippen LogP contribution in [0.4, 0.5) is 13.2 Å². The van der Waals surface area contributed by atoms with Gasteiger partial charge in [-0.3, -0.25) is 4.79 Å². The predicted molar refractivity (Wildman–Crippen MR) is 78.6 cm³/mol. The second kappa shape index (κ2) is 8.30. The van der Waals surface area contributed by atoms with Crippen LogP contribution in [0.5, 0.6) is 0 Å². The molecule has 23 heavy (non-hydrogen) atoms. The highest BCUT2D eigenvalue weighted by Crippen LogP contribution is 2.22. The summed E-state index contributed by atoms with van der Waals surface area (Å²) in [6, 6.07) is 7.76. The van der Waals surface area contributed by atoms with E-state index in [9.17, 15) is 26.4 Å². The summed E-state index contributed by atoms with van der Waals surface area (Å²) in [6.07, 6.45) is -6.37. The number of carbonyl (C=O) groups is 1. The summed E-state index contributed by atoms with van der Waals surface area (Å²) in [4.78, 5) is 11.9. The number of nitrogens with one attached hydrogen (secondary N) is 1. The number of rotatable bonds is 8. The molecule has 9 heteroatoms. The third-order valence-electron chi connectivity index (χ3n) is 2.72. The third-order valence-corrected chi connectivity index (χ3v) is 3.75. The topological polar surface area (TPSA) is 72.5 Å². The number of sulfone groups is 1. The zero-order chi connectivity index (χ0) is 17.5. The molecule has 0 saturated carbocycles. The fraction of sp³-hybridized carbons (Fsp3) is 0.500. The molecule has 1 amide bonds. The molecular formula is C14H18F3NO4S. The molecule has 1 rings (SSSR count). The molecule has 0 spiro atoms. The highest BCUT2D eigenvalue weighted by atomic mass is 32.2. The van der Waals surface area contributed by atoms with E-state index in [0.29, 0.717) is 0 Å². The van der Waals surface area contributed by atoms with Crippen LogP contribution in [0.25, 0.3) is 0 Å². The first kappa shape index (κ1) is 19.4. The molecule has 5 nitrogen and oxygen atoms in total. The Bertz CT molecular complexity index is 602. The number of halogens is 3. The molecule has 0 aliphatic heterocycles. The van der Waals surface area contributed by atoms with Gasteiger partial charge in [-0.05, 0) is 18.6 Å². The predicted octanol–water partition coefficient (Wildman–Crippen LogP) is 2.15. The Hall–Kier alpha value is -1.61. The van der Waals surface area contributed by atoms with Crippen molar-refractivity contribution in [2.75, 3.05) is 18.6 Å². The van der Waals surface area contributed by atoms with Crippen molar-refractivity contribution in [3.63, 3.8) is 0 Å². The van der Waals surface area contributed by atoms with Crippen molar-refractivity contribution < 1.29 is 31.1 Å². The van der Waals surface area contributed by atoms with Crippen molar-refractivity contribution in [1.29, 1.82) is 0 Å². The molecule has 0 radical (unpaired) electrons. The van der Waals surface area contributed by atoms with Crippen molar-refractivity contribution in [3.05, 3.63) is 35.9 Å². The summed E-state index contributed by atoms with van der Waals surface area (Å²) in [5.41, 5.74) is 0.208. The third kappa shape index (κ3) is 9.19. The summed E-state index contributed by atoms with van der Waals surface area (Å²) in [5, 5.41) is 2.16. The fourth-order valence-electron chi connectivity index (χ4n) is 1.73. The van der Waals surface area contributed by atoms with E-state index in [1.807, 2.05) is 0 Å². The lowest BCUT2D eigenvalue weighted by Gasteiger charge is -2.20. The zero-order valence-electron chi connectivity index (χ0n) is 12.5. The van der Waals surface area contributed by atoms with Crippen LogP contribution in [0.15, 0.2) is 30.3 Å². The summed E-state index contributed by atoms with van der Waals surface area (Å²) in [6.45, 7) is -0.205. The van der Waals surface area contributed by atoms with E-state index in [0.717, 1.165) is 6.26 Å². The van der Waals surface area contributed by atoms with Crippen LogP contribution < -0.4 is 5.32 Å². The standard InChI is InChI=1S/C14H18F3NO4S/c1-23(20,21)9-5-8-22-12(10-14(15,16)17)18-13(19)11-6-3-2-4-7-11/h2-4,6-7,12H,5,8-10H2,1H3,(H,18,19)/t12-/m0/s1. The normalized spacial score (nSPS) is 13.6. The van der Waals surface area contributed by atoms with Crippen LogP contribution in [0.3, 0.4) is 0 Å². The number of amides is 1. The smallest absolute Gasteiger partial charge is 0.358 e. The van der Waals surface area contributed by atoms with Gasteiger partial charge in [-0.1, -0.05) is 18.2 Å². The summed E-state index contributed by atoms with van der Waals surface area (Å²) < 4.78 is 64.5. The van der Waals surface area contributed by atoms with E-state index in [2.05, 4.69) is 5.32 Å². The number of benzene rings is 1. The lowest BCUT2D eigenvalue weighted by Crippen LogP contribution is -2.40. The van der Waals surface area contributed by atoms with Crippen molar-refractivity contribution in [1.82, 2.24) is 5.32 Å². The quantitative estimate of drug-likeness (QED) is 0.574. The average Bonchev–Trinajstić information content (AvgIpc) is 2.41. The summed E-state index contributed by atoms with van der Waals surface area (Å²) in [5.74, 6) is -0.888. The second-order valence-electron chi connectivity index (χ2n) is 5.00. The van der Waals surface area contributed by atoms with Crippen molar-refractivity contribution in [2.24, 2.45) is 0 Å². The Morgan fingerprint density at radius 3 is 2.39 bits per heavy atom. The van der Waals surface area contributed by atoms with Crippen LogP contribution in [0.2, 0.25) is 0 Å². The maximum absolute atomic E-state index is 12.5. The highest BCUT2D eigenvalue weighted by molar-refractivity contribution is 7.90. The van der Waals surface area contributed by atoms with Crippen LogP contribution in [0, 0.1) is 0 Å². The second-order valence-corrected chi connectivity index (χ2v) is 7.26. The maximum atomic E-state index is 12.5. The first-order valence-electron chi connectivity index (χ1n) is 6.79. The van der Waals surface area contributed by atoms with Gasteiger partial charge in [-0.2, -0.15) is 13.2 Å². The minimum absolute atomic E-state index is 0.0500. The molecule has 1 atom stereocenters. The van der Waals surface area contributed by atoms with E-state index in [-0.39, 0.29) is 24.3 Å². The molecule has 130 valence electrons. The number of hydrogen-bond donors (Lipinski definition) is 1. The highest BCUT2D eigenvalue weighted by Gasteiger charge is 2.33. The zero-order valence-corrected chi connectivity index (χ0v) is 13.3. The van der Waals surface area contributed by atoms with E-state index >= 15 is 0 Å². The van der Waals surface area contributed by atoms with Gasteiger partial charge in [-0.25, -0.2) is 8.42 Å². The Balaban J connectivity index is 2.60. The van der Waals surface area contributed by atoms with Gasteiger partial charge in [0.15, 0.2) is 0 Å². The molecule has 1 aromatic rings. The molecule has 0 bridgehead atoms. The van der Waals surface area contributed by atoms with E-state index in [1.165, 1.54) is 12.1 Å². The summed E-state index contributed by atoms with van der Waals surface area (Å²) in [7, 11) is -3.21. The van der Waals surface area contributed by atoms with Gasteiger partial charge in [0, 0.05) is 11.8 Å². The molecule has 0 unspecified atom stereocenters. The minimum Gasteiger partial charge on any atom is -0.358 e. The molecule has 0 fully saturated rings. The van der Waals surface area contributed by atoms with Crippen molar-refractivity contribution >= 4 is 15.7 Å². The van der Waals surface area contributed by atoms with Gasteiger partial charge < -0.3 is 10.1 Å². The fourth-order valence-corrected chi connectivity index (χ4v) is 2.37. The first-order valence-corrected chi connectivity index (χ1v) is 8.85. The van der Waals surface area contributed by atoms with E-state index in [1.54, 1.807) is 18.2 Å². The Morgan fingerprint density at radius 2 is 1.87 bits per heavy atom. The lowest BCUT2D eigenvalue weighted by molar-refractivity contribution is -0.163. The van der Waals surface area contributed by atoms with E-state index < -0.39 is 34.6 Å². The molecule has 1 aromatic carbocycles. The lowest BCUT2D eigenvalue weighted by atomic mass is 10.2. The molecule has 0 aliphatic rings. The first-order chi connectivity index (χ1) is 10.6. The van der Waals surface area contributed by atoms with Crippen LogP contribution in [-0.2, 0) is 14.6 Å². The van der Waals surface area contributed by atoms with Crippen molar-refractivity contribution in [3.8, 4) is 0 Å². The van der Waals surface area contributed by atoms with Gasteiger partial charge in [0.1, 0.15) is 16.1 Å². The Kier molecular flexibility index (Phi) is 7.01. The minimum atomic E-state index is -4.52. The Morgan fingerprint density at radius 1 is 1.26 bits per heavy atom. The van der Waals surface area contributed by atoms with Gasteiger partial charge in [-0.15, -0.1) is 0 Å². The summed E-state index contributed by atoms with van der Waals surface area (Å²) >= 11 is 0. The number of alkyl halides is 3. The maximum Gasteiger partial charge on any atom is 0.393 e. The van der Waals surface area contributed by atoms with Crippen LogP contribution in [-0.4, -0.2) is 45.3 Å². The van der Waals surface area contributed by atoms with Gasteiger partial charge in [0.25, 0.3) is 5.91 Å². The average molecular weight is 353 g/mol. The van der Waals surface area contributed by atoms with Crippen molar-refractivity contribution in [2.45, 2.75) is 25.2 Å². The molecule has 0 saturated heterocycles. The SMILES string of the molecule is CS(=O)(=O)CCCO[C@@H](CC(F)(F)F)NC(=O)c1ccccc1. The monoisotopic (exact) mass is 353 g/mol. The number of carbonyl (C=O) groups excluding carboxylic acids is 1. The molecule has 0 aliphatic carbocycles. The molecule has 0 heterocycles. The number of ether oxygens (including phenoxy) is 1. The van der Waals surface area contributed by atoms with E-state index in [4.69, 9.17) is 4.74 Å². The molecule has 0 aromatic heterocycles.